The van der Waals surface area contributed by atoms with Crippen molar-refractivity contribution in [3.8, 4) is 0 Å². The monoisotopic (exact) mass is 415 g/mol. The number of aliphatic hydroxyl groups excluding tert-OH is 1. The van der Waals surface area contributed by atoms with Crippen LogP contribution in [0.5, 0.6) is 0 Å². The van der Waals surface area contributed by atoms with Gasteiger partial charge in [0.05, 0.1) is 12.8 Å². The minimum atomic E-state index is 0.0839. The third-order valence-corrected chi connectivity index (χ3v) is 4.57. The molecule has 0 spiro atoms. The van der Waals surface area contributed by atoms with Crippen molar-refractivity contribution in [1.29, 1.82) is 0 Å². The highest BCUT2D eigenvalue weighted by molar-refractivity contribution is 9.10. The molecule has 0 bridgehead atoms. The number of hydrogen-bond acceptors (Lipinski definition) is 3. The van der Waals surface area contributed by atoms with Crippen molar-refractivity contribution in [3.63, 3.8) is 0 Å². The summed E-state index contributed by atoms with van der Waals surface area (Å²) in [6.45, 7) is 0.436. The van der Waals surface area contributed by atoms with Crippen LogP contribution in [0.3, 0.4) is 0 Å². The van der Waals surface area contributed by atoms with E-state index in [1.54, 1.807) is 10.8 Å². The number of benzene rings is 1. The van der Waals surface area contributed by atoms with Gasteiger partial charge in [-0.3, -0.25) is 0 Å². The number of rotatable bonds is 5. The molecule has 1 aromatic carbocycles. The van der Waals surface area contributed by atoms with Crippen LogP contribution in [0.15, 0.2) is 82.1 Å². The fraction of sp³-hybridized carbons (Fsp3) is 0.0526. The van der Waals surface area contributed by atoms with Crippen LogP contribution in [0.25, 0.3) is 11.5 Å². The fourth-order valence-corrected chi connectivity index (χ4v) is 3.09. The summed E-state index contributed by atoms with van der Waals surface area (Å²) in [6, 6.07) is 16.8. The van der Waals surface area contributed by atoms with Crippen LogP contribution in [0.2, 0.25) is 0 Å². The van der Waals surface area contributed by atoms with Gasteiger partial charge in [-0.25, -0.2) is 0 Å². The van der Waals surface area contributed by atoms with E-state index in [-0.39, 0.29) is 5.76 Å². The van der Waals surface area contributed by atoms with Gasteiger partial charge in [0.25, 0.3) is 5.70 Å². The maximum Gasteiger partial charge on any atom is 0.288 e. The summed E-state index contributed by atoms with van der Waals surface area (Å²) in [4.78, 5) is 0.417. The third kappa shape index (κ3) is 4.15. The van der Waals surface area contributed by atoms with Gasteiger partial charge in [0, 0.05) is 22.2 Å². The summed E-state index contributed by atoms with van der Waals surface area (Å²) in [5.74, 6) is 0.848. The molecule has 0 unspecified atom stereocenters. The van der Waals surface area contributed by atoms with Gasteiger partial charge in [0.15, 0.2) is 23.1 Å². The SMILES string of the molecule is O/C(=C(/C(=S)NCc1ccco1)[n+]1ccccc1)c1ccccc1Br. The molecule has 0 aliphatic rings. The Morgan fingerprint density at radius 1 is 1.08 bits per heavy atom. The van der Waals surface area contributed by atoms with Crippen molar-refractivity contribution < 1.29 is 14.1 Å². The largest absolute Gasteiger partial charge is 0.502 e. The smallest absolute Gasteiger partial charge is 0.288 e. The van der Waals surface area contributed by atoms with Gasteiger partial charge in [-0.2, -0.15) is 4.57 Å². The Balaban J connectivity index is 1.99. The molecular weight excluding hydrogens is 400 g/mol. The lowest BCUT2D eigenvalue weighted by Crippen LogP contribution is -2.40. The molecule has 4 nitrogen and oxygen atoms in total. The molecule has 126 valence electrons. The molecular formula is C19H16BrN2O2S+. The van der Waals surface area contributed by atoms with E-state index in [4.69, 9.17) is 16.6 Å². The van der Waals surface area contributed by atoms with Gasteiger partial charge in [0.1, 0.15) is 5.76 Å². The van der Waals surface area contributed by atoms with Crippen molar-refractivity contribution in [3.05, 3.63) is 89.1 Å². The number of aromatic nitrogens is 1. The molecule has 0 aliphatic carbocycles. The predicted octanol–water partition coefficient (Wildman–Crippen LogP) is 4.33. The molecule has 0 amide bonds. The molecule has 0 saturated carbocycles. The first-order valence-corrected chi connectivity index (χ1v) is 8.82. The summed E-state index contributed by atoms with van der Waals surface area (Å²) >= 11 is 9.02. The van der Waals surface area contributed by atoms with E-state index in [2.05, 4.69) is 21.2 Å². The summed E-state index contributed by atoms with van der Waals surface area (Å²) in [7, 11) is 0. The van der Waals surface area contributed by atoms with Crippen molar-refractivity contribution in [2.24, 2.45) is 0 Å². The molecule has 3 aromatic rings. The topological polar surface area (TPSA) is 49.3 Å². The Labute approximate surface area is 159 Å². The fourth-order valence-electron chi connectivity index (χ4n) is 2.34. The highest BCUT2D eigenvalue weighted by atomic mass is 79.9. The molecule has 0 radical (unpaired) electrons. The van der Waals surface area contributed by atoms with E-state index in [1.165, 1.54) is 0 Å². The highest BCUT2D eigenvalue weighted by Crippen LogP contribution is 2.25. The van der Waals surface area contributed by atoms with Crippen LogP contribution >= 0.6 is 28.1 Å². The molecule has 2 heterocycles. The maximum absolute atomic E-state index is 10.9. The Bertz CT molecular complexity index is 893. The predicted molar refractivity (Wildman–Crippen MR) is 105 cm³/mol. The first kappa shape index (κ1) is 17.4. The standard InChI is InChI=1S/C19H15BrN2O2S/c20-16-9-3-2-8-15(16)18(23)17(22-10-4-1-5-11-22)19(25)21-13-14-7-6-12-24-14/h1-12H,13H2,(H-,21,23,25)/p+1. The normalized spacial score (nSPS) is 11.7. The zero-order chi connectivity index (χ0) is 17.6. The van der Waals surface area contributed by atoms with E-state index in [0.717, 1.165) is 10.2 Å². The van der Waals surface area contributed by atoms with Crippen LogP contribution in [0, 0.1) is 0 Å². The number of aliphatic hydroxyl groups is 1. The molecule has 25 heavy (non-hydrogen) atoms. The van der Waals surface area contributed by atoms with Crippen molar-refractivity contribution in [1.82, 2.24) is 5.32 Å². The minimum Gasteiger partial charge on any atom is -0.502 e. The van der Waals surface area contributed by atoms with Gasteiger partial charge < -0.3 is 14.8 Å². The second-order valence-electron chi connectivity index (χ2n) is 5.22. The molecule has 6 heteroatoms. The maximum atomic E-state index is 10.9. The average molecular weight is 416 g/mol. The first-order chi connectivity index (χ1) is 12.2. The van der Waals surface area contributed by atoms with Crippen LogP contribution < -0.4 is 9.88 Å². The molecule has 2 aromatic heterocycles. The minimum absolute atomic E-state index is 0.0839. The average Bonchev–Trinajstić information content (AvgIpc) is 3.15. The Kier molecular flexibility index (Phi) is 5.63. The van der Waals surface area contributed by atoms with Gasteiger partial charge in [-0.1, -0.05) is 46.3 Å². The van der Waals surface area contributed by atoms with Gasteiger partial charge >= 0.3 is 0 Å². The summed E-state index contributed by atoms with van der Waals surface area (Å²) < 4.78 is 7.89. The van der Waals surface area contributed by atoms with Crippen LogP contribution in [-0.2, 0) is 6.54 Å². The van der Waals surface area contributed by atoms with E-state index >= 15 is 0 Å². The van der Waals surface area contributed by atoms with Crippen LogP contribution in [-0.4, -0.2) is 10.1 Å². The van der Waals surface area contributed by atoms with Crippen molar-refractivity contribution >= 4 is 44.6 Å². The summed E-state index contributed by atoms with van der Waals surface area (Å²) in [5.41, 5.74) is 1.16. The number of nitrogens with one attached hydrogen (secondary N) is 1. The number of halogens is 1. The second-order valence-corrected chi connectivity index (χ2v) is 6.48. The quantitative estimate of drug-likeness (QED) is 0.281. The first-order valence-electron chi connectivity index (χ1n) is 7.62. The molecule has 0 aliphatic heterocycles. The lowest BCUT2D eigenvalue weighted by molar-refractivity contribution is -0.576. The molecule has 3 rings (SSSR count). The van der Waals surface area contributed by atoms with Crippen LogP contribution in [0.1, 0.15) is 11.3 Å². The number of nitrogens with zero attached hydrogens (tertiary/aromatic N) is 1. The lowest BCUT2D eigenvalue weighted by Gasteiger charge is -2.10. The van der Waals surface area contributed by atoms with Crippen molar-refractivity contribution in [2.45, 2.75) is 6.54 Å². The number of pyridine rings is 1. The second kappa shape index (κ2) is 8.09. The van der Waals surface area contributed by atoms with E-state index < -0.39 is 0 Å². The van der Waals surface area contributed by atoms with Gasteiger partial charge in [-0.05, 0) is 24.3 Å². The van der Waals surface area contributed by atoms with E-state index in [0.29, 0.717) is 22.8 Å². The Hall–Kier alpha value is -2.44. The summed E-state index contributed by atoms with van der Waals surface area (Å²) in [6.07, 6.45) is 5.29. The Morgan fingerprint density at radius 3 is 2.52 bits per heavy atom. The molecule has 0 saturated heterocycles. The van der Waals surface area contributed by atoms with E-state index in [9.17, 15) is 5.11 Å². The zero-order valence-corrected chi connectivity index (χ0v) is 15.6. The zero-order valence-electron chi connectivity index (χ0n) is 13.2. The van der Waals surface area contributed by atoms with Crippen molar-refractivity contribution in [2.75, 3.05) is 0 Å². The number of thiocarbonyl (C=S) groups is 1. The van der Waals surface area contributed by atoms with Gasteiger partial charge in [0.2, 0.25) is 0 Å². The highest BCUT2D eigenvalue weighted by Gasteiger charge is 2.24. The van der Waals surface area contributed by atoms with E-state index in [1.807, 2.05) is 67.0 Å². The molecule has 0 atom stereocenters. The third-order valence-electron chi connectivity index (χ3n) is 3.55. The lowest BCUT2D eigenvalue weighted by atomic mass is 10.1. The molecule has 0 fully saturated rings. The van der Waals surface area contributed by atoms with Crippen LogP contribution in [0.4, 0.5) is 0 Å². The number of hydrogen-bond donors (Lipinski definition) is 2. The Morgan fingerprint density at radius 2 is 1.84 bits per heavy atom. The summed E-state index contributed by atoms with van der Waals surface area (Å²) in [5, 5.41) is 14.1. The molecule has 2 N–H and O–H groups in total. The number of furan rings is 1. The van der Waals surface area contributed by atoms with Gasteiger partial charge in [-0.15, -0.1) is 0 Å².